The van der Waals surface area contributed by atoms with Gasteiger partial charge in [0.25, 0.3) is 0 Å². The molecule has 74 valence electrons. The maximum atomic E-state index is 12.3. The van der Waals surface area contributed by atoms with Crippen molar-refractivity contribution in [2.45, 2.75) is 24.8 Å². The lowest BCUT2D eigenvalue weighted by Gasteiger charge is -2.24. The zero-order chi connectivity index (χ0) is 11.9. The molecule has 0 aliphatic rings. The molecule has 6 radical (unpaired) electrons. The summed E-state index contributed by atoms with van der Waals surface area (Å²) in [5.74, 6) is 0.0924. The summed E-state index contributed by atoms with van der Waals surface area (Å²) in [6.07, 6.45) is -3.57. The number of imidazole rings is 1. The minimum Gasteiger partial charge on any atom is -0.354 e. The molecule has 1 rings (SSSR count). The first-order chi connectivity index (χ1) is 6.66. The van der Waals surface area contributed by atoms with Crippen molar-refractivity contribution >= 4 is 23.5 Å². The number of alkyl halides is 3. The van der Waals surface area contributed by atoms with Gasteiger partial charge >= 0.3 is 6.18 Å². The van der Waals surface area contributed by atoms with Crippen LogP contribution in [0.15, 0.2) is 6.20 Å². The SMILES string of the molecule is [B]C([B])([B])n1cc(C(F)(F)F)nc1CC. The first-order valence-electron chi connectivity index (χ1n) is 4.18. The molecule has 0 bridgehead atoms. The van der Waals surface area contributed by atoms with Crippen LogP contribution in [0.1, 0.15) is 18.4 Å². The van der Waals surface area contributed by atoms with Gasteiger partial charge in [0.05, 0.1) is 23.5 Å². The van der Waals surface area contributed by atoms with E-state index < -0.39 is 17.1 Å². The highest BCUT2D eigenvalue weighted by Crippen LogP contribution is 2.29. The third-order valence-electron chi connectivity index (χ3n) is 1.80. The molecule has 0 N–H and O–H groups in total. The van der Waals surface area contributed by atoms with Crippen molar-refractivity contribution in [3.63, 3.8) is 0 Å². The van der Waals surface area contributed by atoms with Crippen LogP contribution in [0, 0.1) is 0 Å². The van der Waals surface area contributed by atoms with E-state index in [9.17, 15) is 13.2 Å². The van der Waals surface area contributed by atoms with E-state index in [0.717, 1.165) is 4.57 Å². The summed E-state index contributed by atoms with van der Waals surface area (Å²) in [5, 5.41) is -1.87. The average molecular weight is 208 g/mol. The fourth-order valence-corrected chi connectivity index (χ4v) is 1.14. The predicted octanol–water partition coefficient (Wildman–Crippen LogP) is 0.538. The van der Waals surface area contributed by atoms with Crippen molar-refractivity contribution in [1.29, 1.82) is 0 Å². The topological polar surface area (TPSA) is 17.8 Å². The van der Waals surface area contributed by atoms with Crippen LogP contribution in [0.5, 0.6) is 0 Å². The van der Waals surface area contributed by atoms with Crippen molar-refractivity contribution in [2.24, 2.45) is 0 Å². The van der Waals surface area contributed by atoms with Crippen molar-refractivity contribution < 1.29 is 13.2 Å². The number of rotatable bonds is 2. The number of aryl methyl sites for hydroxylation is 1. The Morgan fingerprint density at radius 2 is 1.87 bits per heavy atom. The molecule has 1 heterocycles. The lowest BCUT2D eigenvalue weighted by Crippen LogP contribution is -2.35. The largest absolute Gasteiger partial charge is 0.434 e. The van der Waals surface area contributed by atoms with Crippen LogP contribution in [0.2, 0.25) is 0 Å². The van der Waals surface area contributed by atoms with E-state index in [4.69, 9.17) is 23.5 Å². The molecule has 0 aliphatic heterocycles. The molecule has 0 aromatic carbocycles. The minimum atomic E-state index is -4.53. The molecular weight excluding hydrogens is 202 g/mol. The van der Waals surface area contributed by atoms with E-state index in [0.29, 0.717) is 6.20 Å². The van der Waals surface area contributed by atoms with Gasteiger partial charge in [-0.2, -0.15) is 13.2 Å². The Labute approximate surface area is 89.5 Å². The van der Waals surface area contributed by atoms with Crippen molar-refractivity contribution in [3.8, 4) is 0 Å². The van der Waals surface area contributed by atoms with Gasteiger partial charge in [-0.05, 0) is 0 Å². The highest BCUT2D eigenvalue weighted by atomic mass is 19.4. The Kier molecular flexibility index (Phi) is 2.98. The quantitative estimate of drug-likeness (QED) is 0.648. The van der Waals surface area contributed by atoms with Crippen LogP contribution in [0.3, 0.4) is 0 Å². The van der Waals surface area contributed by atoms with Crippen molar-refractivity contribution in [1.82, 2.24) is 9.55 Å². The van der Waals surface area contributed by atoms with Crippen molar-refractivity contribution in [3.05, 3.63) is 17.7 Å². The Morgan fingerprint density at radius 3 is 2.13 bits per heavy atom. The van der Waals surface area contributed by atoms with Crippen LogP contribution in [0.25, 0.3) is 0 Å². The summed E-state index contributed by atoms with van der Waals surface area (Å²) in [6, 6.07) is 0. The third kappa shape index (κ3) is 2.61. The van der Waals surface area contributed by atoms with E-state index in [1.54, 1.807) is 6.92 Å². The van der Waals surface area contributed by atoms with Gasteiger partial charge in [0.2, 0.25) is 0 Å². The molecule has 0 amide bonds. The average Bonchev–Trinajstić information content (AvgIpc) is 2.44. The smallest absolute Gasteiger partial charge is 0.354 e. The Morgan fingerprint density at radius 1 is 1.33 bits per heavy atom. The van der Waals surface area contributed by atoms with Gasteiger partial charge in [-0.15, -0.1) is 0 Å². The van der Waals surface area contributed by atoms with E-state index in [2.05, 4.69) is 4.98 Å². The lowest BCUT2D eigenvalue weighted by atomic mass is 9.49. The molecule has 0 aliphatic carbocycles. The number of hydrogen-bond donors (Lipinski definition) is 0. The second-order valence-corrected chi connectivity index (χ2v) is 3.15. The molecule has 1 aromatic rings. The molecule has 2 nitrogen and oxygen atoms in total. The first kappa shape index (κ1) is 12.3. The van der Waals surface area contributed by atoms with E-state index >= 15 is 0 Å². The molecule has 8 heteroatoms. The molecule has 0 saturated heterocycles. The second-order valence-electron chi connectivity index (χ2n) is 3.15. The summed E-state index contributed by atoms with van der Waals surface area (Å²) in [5.41, 5.74) is -1.05. The number of hydrogen-bond acceptors (Lipinski definition) is 1. The van der Waals surface area contributed by atoms with E-state index in [1.807, 2.05) is 0 Å². The van der Waals surface area contributed by atoms with Crippen LogP contribution in [-0.4, -0.2) is 33.1 Å². The third-order valence-corrected chi connectivity index (χ3v) is 1.80. The summed E-state index contributed by atoms with van der Waals surface area (Å²) in [7, 11) is 15.9. The lowest BCUT2D eigenvalue weighted by molar-refractivity contribution is -0.141. The molecular formula is C7H6B3F3N2. The minimum absolute atomic E-state index is 0.0924. The van der Waals surface area contributed by atoms with E-state index in [1.165, 1.54) is 0 Å². The van der Waals surface area contributed by atoms with Crippen LogP contribution in [0.4, 0.5) is 13.2 Å². The van der Waals surface area contributed by atoms with Gasteiger partial charge in [-0.1, -0.05) is 12.2 Å². The summed E-state index contributed by atoms with van der Waals surface area (Å²) in [6.45, 7) is 1.63. The highest BCUT2D eigenvalue weighted by molar-refractivity contribution is 6.56. The Hall–Kier alpha value is -0.805. The summed E-state index contributed by atoms with van der Waals surface area (Å²) in [4.78, 5) is 3.36. The van der Waals surface area contributed by atoms with Crippen LogP contribution < -0.4 is 0 Å². The fourth-order valence-electron chi connectivity index (χ4n) is 1.14. The molecule has 0 spiro atoms. The van der Waals surface area contributed by atoms with Gasteiger partial charge in [0.1, 0.15) is 5.82 Å². The van der Waals surface area contributed by atoms with Crippen molar-refractivity contribution in [2.75, 3.05) is 0 Å². The second kappa shape index (κ2) is 3.65. The standard InChI is InChI=1S/C7H6B3F3N2/c1-2-5-14-4(6(11,12)13)3-15(5)7(8,9)10/h3H,2H2,1H3. The van der Waals surface area contributed by atoms with Gasteiger partial charge in [-0.25, -0.2) is 4.98 Å². The number of halogens is 3. The molecule has 0 fully saturated rings. The Bertz CT molecular complexity index is 353. The predicted molar refractivity (Wildman–Crippen MR) is 51.8 cm³/mol. The molecule has 1 aromatic heterocycles. The molecule has 0 atom stereocenters. The van der Waals surface area contributed by atoms with Gasteiger partial charge in [-0.3, -0.25) is 0 Å². The number of aromatic nitrogens is 2. The molecule has 0 unspecified atom stereocenters. The van der Waals surface area contributed by atoms with Crippen LogP contribution in [-0.2, 0) is 17.8 Å². The summed E-state index contributed by atoms with van der Waals surface area (Å²) < 4.78 is 37.8. The zero-order valence-electron chi connectivity index (χ0n) is 8.04. The molecule has 0 saturated carbocycles. The van der Waals surface area contributed by atoms with Gasteiger partial charge in [0, 0.05) is 12.6 Å². The maximum absolute atomic E-state index is 12.3. The molecule has 15 heavy (non-hydrogen) atoms. The van der Waals surface area contributed by atoms with Gasteiger partial charge < -0.3 is 4.57 Å². The zero-order valence-corrected chi connectivity index (χ0v) is 8.04. The van der Waals surface area contributed by atoms with Crippen LogP contribution >= 0.6 is 0 Å². The first-order valence-corrected chi connectivity index (χ1v) is 4.18. The Balaban J connectivity index is 3.24. The fraction of sp³-hybridized carbons (Fsp3) is 0.571. The van der Waals surface area contributed by atoms with E-state index in [-0.39, 0.29) is 12.2 Å². The maximum Gasteiger partial charge on any atom is 0.434 e. The highest BCUT2D eigenvalue weighted by Gasteiger charge is 2.35. The summed E-state index contributed by atoms with van der Waals surface area (Å²) >= 11 is 0. The monoisotopic (exact) mass is 208 g/mol. The number of nitrogens with zero attached hydrogens (tertiary/aromatic N) is 2. The van der Waals surface area contributed by atoms with Gasteiger partial charge in [0.15, 0.2) is 5.69 Å². The normalized spacial score (nSPS) is 13.1.